The number of anilines is 2. The first-order chi connectivity index (χ1) is 9.51. The van der Waals surface area contributed by atoms with Crippen LogP contribution in [0.25, 0.3) is 0 Å². The van der Waals surface area contributed by atoms with Crippen molar-refractivity contribution in [3.05, 3.63) is 62.4 Å². The first kappa shape index (κ1) is 14.0. The van der Waals surface area contributed by atoms with Crippen LogP contribution >= 0.6 is 15.9 Å². The SMILES string of the molecule is N#Cc1cc(Nc2cc(F)ccc2Br)ccc1[N+](=O)[O-]. The molecule has 2 aromatic rings. The molecule has 0 bridgehead atoms. The second-order valence-electron chi connectivity index (χ2n) is 3.85. The number of hydrogen-bond donors (Lipinski definition) is 1. The van der Waals surface area contributed by atoms with E-state index < -0.39 is 10.7 Å². The lowest BCUT2D eigenvalue weighted by molar-refractivity contribution is -0.385. The summed E-state index contributed by atoms with van der Waals surface area (Å²) in [5, 5.41) is 22.5. The number of nitrogens with zero attached hydrogens (tertiary/aromatic N) is 2. The molecule has 2 aromatic carbocycles. The molecule has 2 rings (SSSR count). The van der Waals surface area contributed by atoms with Crippen LogP contribution in [0.3, 0.4) is 0 Å². The highest BCUT2D eigenvalue weighted by atomic mass is 79.9. The molecule has 0 saturated heterocycles. The summed E-state index contributed by atoms with van der Waals surface area (Å²) < 4.78 is 13.8. The van der Waals surface area contributed by atoms with E-state index in [1.807, 2.05) is 0 Å². The monoisotopic (exact) mass is 335 g/mol. The van der Waals surface area contributed by atoms with E-state index in [-0.39, 0.29) is 11.3 Å². The van der Waals surface area contributed by atoms with Gasteiger partial charge in [-0.2, -0.15) is 5.26 Å². The van der Waals surface area contributed by atoms with E-state index in [4.69, 9.17) is 5.26 Å². The number of halogens is 2. The van der Waals surface area contributed by atoms with E-state index in [0.29, 0.717) is 15.8 Å². The molecular formula is C13H7BrFN3O2. The minimum absolute atomic E-state index is 0.0625. The van der Waals surface area contributed by atoms with Crippen LogP contribution in [-0.4, -0.2) is 4.92 Å². The summed E-state index contributed by atoms with van der Waals surface area (Å²) >= 11 is 3.26. The summed E-state index contributed by atoms with van der Waals surface area (Å²) in [6, 6.07) is 9.90. The standard InChI is InChI=1S/C13H7BrFN3O2/c14-11-3-1-9(15)6-12(11)17-10-2-4-13(18(19)20)8(5-10)7-16/h1-6,17H. The van der Waals surface area contributed by atoms with Crippen molar-refractivity contribution in [2.75, 3.05) is 5.32 Å². The molecule has 0 aliphatic rings. The Hall–Kier alpha value is -2.46. The Kier molecular flexibility index (Phi) is 3.96. The van der Waals surface area contributed by atoms with Gasteiger partial charge in [-0.3, -0.25) is 10.1 Å². The Morgan fingerprint density at radius 3 is 2.70 bits per heavy atom. The van der Waals surface area contributed by atoms with Crippen molar-refractivity contribution in [3.8, 4) is 6.07 Å². The molecule has 100 valence electrons. The van der Waals surface area contributed by atoms with Crippen LogP contribution in [0.5, 0.6) is 0 Å². The molecule has 0 saturated carbocycles. The first-order valence-corrected chi connectivity index (χ1v) is 6.21. The van der Waals surface area contributed by atoms with Crippen LogP contribution in [-0.2, 0) is 0 Å². The summed E-state index contributed by atoms with van der Waals surface area (Å²) in [5.74, 6) is -0.418. The van der Waals surface area contributed by atoms with Gasteiger partial charge >= 0.3 is 0 Å². The molecule has 20 heavy (non-hydrogen) atoms. The van der Waals surface area contributed by atoms with Gasteiger partial charge in [-0.25, -0.2) is 4.39 Å². The normalized spacial score (nSPS) is 9.85. The third kappa shape index (κ3) is 2.92. The van der Waals surface area contributed by atoms with Crippen molar-refractivity contribution < 1.29 is 9.31 Å². The average molecular weight is 336 g/mol. The predicted octanol–water partition coefficient (Wildman–Crippen LogP) is 4.11. The second-order valence-corrected chi connectivity index (χ2v) is 4.70. The number of nitrogens with one attached hydrogen (secondary N) is 1. The lowest BCUT2D eigenvalue weighted by atomic mass is 10.1. The number of rotatable bonds is 3. The highest BCUT2D eigenvalue weighted by Crippen LogP contribution is 2.29. The Morgan fingerprint density at radius 2 is 2.05 bits per heavy atom. The predicted molar refractivity (Wildman–Crippen MR) is 75.2 cm³/mol. The van der Waals surface area contributed by atoms with Gasteiger partial charge in [0.05, 0.1) is 10.6 Å². The maximum atomic E-state index is 13.2. The molecule has 0 amide bonds. The molecule has 0 aliphatic carbocycles. The summed E-state index contributed by atoms with van der Waals surface area (Å²) in [6.45, 7) is 0. The van der Waals surface area contributed by atoms with Crippen molar-refractivity contribution in [2.24, 2.45) is 0 Å². The molecule has 0 radical (unpaired) electrons. The maximum absolute atomic E-state index is 13.2. The average Bonchev–Trinajstić information content (AvgIpc) is 2.42. The van der Waals surface area contributed by atoms with E-state index in [0.717, 1.165) is 0 Å². The molecular weight excluding hydrogens is 329 g/mol. The maximum Gasteiger partial charge on any atom is 0.287 e. The quantitative estimate of drug-likeness (QED) is 0.676. The number of nitro groups is 1. The highest BCUT2D eigenvalue weighted by Gasteiger charge is 2.14. The van der Waals surface area contributed by atoms with Gasteiger partial charge in [-0.15, -0.1) is 0 Å². The third-order valence-electron chi connectivity index (χ3n) is 2.52. The number of benzene rings is 2. The molecule has 0 aliphatic heterocycles. The lowest BCUT2D eigenvalue weighted by Crippen LogP contribution is -1.96. The summed E-state index contributed by atoms with van der Waals surface area (Å²) in [4.78, 5) is 10.1. The van der Waals surface area contributed by atoms with Crippen molar-refractivity contribution in [1.29, 1.82) is 5.26 Å². The lowest BCUT2D eigenvalue weighted by Gasteiger charge is -2.09. The van der Waals surface area contributed by atoms with Crippen LogP contribution in [0.2, 0.25) is 0 Å². The van der Waals surface area contributed by atoms with Gasteiger partial charge in [0.2, 0.25) is 0 Å². The minimum Gasteiger partial charge on any atom is -0.354 e. The highest BCUT2D eigenvalue weighted by molar-refractivity contribution is 9.10. The fourth-order valence-electron chi connectivity index (χ4n) is 1.61. The fourth-order valence-corrected chi connectivity index (χ4v) is 1.96. The molecule has 5 nitrogen and oxygen atoms in total. The smallest absolute Gasteiger partial charge is 0.287 e. The number of nitriles is 1. The number of hydrogen-bond acceptors (Lipinski definition) is 4. The van der Waals surface area contributed by atoms with E-state index >= 15 is 0 Å². The summed E-state index contributed by atoms with van der Waals surface area (Å²) in [5.41, 5.74) is 0.588. The summed E-state index contributed by atoms with van der Waals surface area (Å²) in [7, 11) is 0. The Labute approximate surface area is 121 Å². The van der Waals surface area contributed by atoms with Gasteiger partial charge < -0.3 is 5.32 Å². The van der Waals surface area contributed by atoms with Crippen molar-refractivity contribution >= 4 is 33.0 Å². The van der Waals surface area contributed by atoms with Crippen molar-refractivity contribution in [2.45, 2.75) is 0 Å². The topological polar surface area (TPSA) is 79.0 Å². The Bertz CT molecular complexity index is 728. The zero-order chi connectivity index (χ0) is 14.7. The van der Waals surface area contributed by atoms with Crippen LogP contribution in [0.1, 0.15) is 5.56 Å². The van der Waals surface area contributed by atoms with Crippen LogP contribution in [0.4, 0.5) is 21.5 Å². The zero-order valence-corrected chi connectivity index (χ0v) is 11.5. The van der Waals surface area contributed by atoms with Crippen LogP contribution in [0.15, 0.2) is 40.9 Å². The second kappa shape index (κ2) is 5.67. The molecule has 7 heteroatoms. The fraction of sp³-hybridized carbons (Fsp3) is 0. The molecule has 0 atom stereocenters. The zero-order valence-electron chi connectivity index (χ0n) is 9.93. The van der Waals surface area contributed by atoms with Gasteiger partial charge in [-0.05, 0) is 46.3 Å². The summed E-state index contributed by atoms with van der Waals surface area (Å²) in [6.07, 6.45) is 0. The molecule has 0 fully saturated rings. The van der Waals surface area contributed by atoms with E-state index in [1.54, 1.807) is 6.07 Å². The van der Waals surface area contributed by atoms with Gasteiger partial charge in [0, 0.05) is 16.2 Å². The Morgan fingerprint density at radius 1 is 1.30 bits per heavy atom. The largest absolute Gasteiger partial charge is 0.354 e. The van der Waals surface area contributed by atoms with Crippen LogP contribution in [0, 0.1) is 27.3 Å². The van der Waals surface area contributed by atoms with Gasteiger partial charge in [0.25, 0.3) is 5.69 Å². The molecule has 0 heterocycles. The van der Waals surface area contributed by atoms with E-state index in [1.165, 1.54) is 36.4 Å². The van der Waals surface area contributed by atoms with Gasteiger partial charge in [0.15, 0.2) is 0 Å². The van der Waals surface area contributed by atoms with E-state index in [9.17, 15) is 14.5 Å². The van der Waals surface area contributed by atoms with Crippen molar-refractivity contribution in [3.63, 3.8) is 0 Å². The van der Waals surface area contributed by atoms with Crippen LogP contribution < -0.4 is 5.32 Å². The number of nitro benzene ring substituents is 1. The third-order valence-corrected chi connectivity index (χ3v) is 3.21. The molecule has 0 spiro atoms. The van der Waals surface area contributed by atoms with E-state index in [2.05, 4.69) is 21.2 Å². The van der Waals surface area contributed by atoms with Gasteiger partial charge in [0.1, 0.15) is 17.4 Å². The molecule has 0 unspecified atom stereocenters. The first-order valence-electron chi connectivity index (χ1n) is 5.42. The minimum atomic E-state index is -0.625. The molecule has 0 aromatic heterocycles. The van der Waals surface area contributed by atoms with Gasteiger partial charge in [-0.1, -0.05) is 0 Å². The van der Waals surface area contributed by atoms with Crippen molar-refractivity contribution in [1.82, 2.24) is 0 Å². The molecule has 1 N–H and O–H groups in total. The Balaban J connectivity index is 2.38.